The summed E-state index contributed by atoms with van der Waals surface area (Å²) in [5.41, 5.74) is 0. The van der Waals surface area contributed by atoms with Crippen molar-refractivity contribution in [3.05, 3.63) is 22.4 Å². The van der Waals surface area contributed by atoms with Gasteiger partial charge in [0.25, 0.3) is 0 Å². The second-order valence-electron chi connectivity index (χ2n) is 3.06. The molecule has 0 aliphatic carbocycles. The van der Waals surface area contributed by atoms with Crippen LogP contribution in [0.25, 0.3) is 0 Å². The SMILES string of the molecule is N.N.N.N.O=P(O)(O)O.O=S(=O)(O)OOS(=O)(=O)O.OCCc1cccs1. The first-order valence-corrected chi connectivity index (χ1v) is 10.1. The van der Waals surface area contributed by atoms with Crippen LogP contribution in [-0.2, 0) is 40.5 Å². The lowest BCUT2D eigenvalue weighted by molar-refractivity contribution is -0.105. The number of phosphoric acid groups is 1. The molecule has 0 atom stereocenters. The molecule has 0 saturated heterocycles. The van der Waals surface area contributed by atoms with Gasteiger partial charge in [-0.15, -0.1) is 11.3 Å². The van der Waals surface area contributed by atoms with Gasteiger partial charge in [-0.1, -0.05) is 14.7 Å². The highest BCUT2D eigenvalue weighted by atomic mass is 32.3. The minimum atomic E-state index is -5.02. The van der Waals surface area contributed by atoms with Crippen LogP contribution >= 0.6 is 19.2 Å². The molecule has 1 rings (SSSR count). The van der Waals surface area contributed by atoms with Gasteiger partial charge in [-0.2, -0.15) is 16.8 Å². The topological polar surface area (TPSA) is 365 Å². The summed E-state index contributed by atoms with van der Waals surface area (Å²) < 4.78 is 67.8. The van der Waals surface area contributed by atoms with Crippen LogP contribution in [0, 0.1) is 0 Å². The Balaban J connectivity index is -0.0000000594. The van der Waals surface area contributed by atoms with Crippen LogP contribution in [0.5, 0.6) is 0 Å². The summed E-state index contributed by atoms with van der Waals surface area (Å²) in [5.74, 6) is 0. The molecule has 1 heterocycles. The van der Waals surface area contributed by atoms with E-state index in [0.29, 0.717) is 0 Å². The van der Waals surface area contributed by atoms with E-state index in [-0.39, 0.29) is 31.2 Å². The van der Waals surface area contributed by atoms with E-state index in [1.165, 1.54) is 4.88 Å². The second-order valence-corrected chi connectivity index (χ2v) is 7.10. The third-order valence-corrected chi connectivity index (χ3v) is 2.64. The predicted octanol–water partition coefficient (Wildman–Crippen LogP) is -0.457. The molecule has 0 aromatic carbocycles. The molecule has 0 aliphatic heterocycles. The molecule has 0 bridgehead atoms. The van der Waals surface area contributed by atoms with E-state index in [4.69, 9.17) is 33.5 Å². The number of aliphatic hydroxyl groups excluding tert-OH is 1. The van der Waals surface area contributed by atoms with Crippen molar-refractivity contribution in [1.82, 2.24) is 24.6 Å². The predicted molar refractivity (Wildman–Crippen MR) is 94.7 cm³/mol. The van der Waals surface area contributed by atoms with E-state index in [0.717, 1.165) is 6.42 Å². The molecule has 0 aliphatic rings. The van der Waals surface area contributed by atoms with Gasteiger partial charge in [-0.25, -0.2) is 4.57 Å². The highest BCUT2D eigenvalue weighted by molar-refractivity contribution is 7.83. The minimum Gasteiger partial charge on any atom is -0.396 e. The Bertz CT molecular complexity index is 633. The van der Waals surface area contributed by atoms with Crippen molar-refractivity contribution in [3.63, 3.8) is 0 Å². The average Bonchev–Trinajstić information content (AvgIpc) is 2.77. The summed E-state index contributed by atoms with van der Waals surface area (Å²) >= 11 is 1.69. The van der Waals surface area contributed by atoms with E-state index in [9.17, 15) is 16.8 Å². The fourth-order valence-electron chi connectivity index (χ4n) is 0.635. The molecule has 27 heavy (non-hydrogen) atoms. The lowest BCUT2D eigenvalue weighted by Gasteiger charge is -1.92. The summed E-state index contributed by atoms with van der Waals surface area (Å²) in [6, 6.07) is 4.02. The maximum Gasteiger partial charge on any atom is 0.466 e. The van der Waals surface area contributed by atoms with E-state index in [1.54, 1.807) is 11.3 Å². The van der Waals surface area contributed by atoms with Crippen molar-refractivity contribution in [1.29, 1.82) is 0 Å². The third-order valence-electron chi connectivity index (χ3n) is 1.14. The highest BCUT2D eigenvalue weighted by Crippen LogP contribution is 2.25. The zero-order valence-electron chi connectivity index (χ0n) is 13.7. The van der Waals surface area contributed by atoms with Gasteiger partial charge in [0.15, 0.2) is 0 Å². The monoisotopic (exact) mass is 488 g/mol. The first kappa shape index (κ1) is 40.9. The Morgan fingerprint density at radius 2 is 1.26 bits per heavy atom. The van der Waals surface area contributed by atoms with Crippen molar-refractivity contribution < 1.29 is 59.0 Å². The normalized spacial score (nSPS) is 10.0. The van der Waals surface area contributed by atoms with E-state index >= 15 is 0 Å². The third kappa shape index (κ3) is 51.7. The van der Waals surface area contributed by atoms with Gasteiger partial charge in [0.1, 0.15) is 0 Å². The first-order chi connectivity index (χ1) is 10.1. The highest BCUT2D eigenvalue weighted by Gasteiger charge is 2.13. The van der Waals surface area contributed by atoms with Gasteiger partial charge in [0, 0.05) is 17.9 Å². The zero-order valence-corrected chi connectivity index (χ0v) is 17.0. The van der Waals surface area contributed by atoms with Crippen molar-refractivity contribution in [2.45, 2.75) is 6.42 Å². The molecule has 0 spiro atoms. The van der Waals surface area contributed by atoms with Gasteiger partial charge < -0.3 is 44.4 Å². The van der Waals surface area contributed by atoms with Gasteiger partial charge >= 0.3 is 28.6 Å². The smallest absolute Gasteiger partial charge is 0.396 e. The van der Waals surface area contributed by atoms with Gasteiger partial charge in [-0.05, 0) is 11.4 Å². The molecule has 170 valence electrons. The molecule has 17 nitrogen and oxygen atoms in total. The molecule has 21 heteroatoms. The van der Waals surface area contributed by atoms with Crippen LogP contribution in [0.15, 0.2) is 17.5 Å². The van der Waals surface area contributed by atoms with Crippen molar-refractivity contribution >= 4 is 40.0 Å². The molecular formula is C6H25N4O13PS3. The van der Waals surface area contributed by atoms with Crippen molar-refractivity contribution in [2.24, 2.45) is 0 Å². The molecule has 0 radical (unpaired) electrons. The van der Waals surface area contributed by atoms with Gasteiger partial charge in [0.05, 0.1) is 0 Å². The van der Waals surface area contributed by atoms with Gasteiger partial charge in [-0.3, -0.25) is 9.11 Å². The van der Waals surface area contributed by atoms with Crippen molar-refractivity contribution in [3.8, 4) is 0 Å². The number of rotatable bonds is 5. The van der Waals surface area contributed by atoms with E-state index in [1.807, 2.05) is 17.5 Å². The second kappa shape index (κ2) is 18.7. The van der Waals surface area contributed by atoms with E-state index in [2.05, 4.69) is 8.67 Å². The molecule has 0 unspecified atom stereocenters. The van der Waals surface area contributed by atoms with Crippen LogP contribution in [-0.4, -0.2) is 52.3 Å². The maximum absolute atomic E-state index is 9.51. The van der Waals surface area contributed by atoms with Crippen LogP contribution in [0.2, 0.25) is 0 Å². The summed E-state index contributed by atoms with van der Waals surface area (Å²) in [6.07, 6.45) is 0.803. The van der Waals surface area contributed by atoms with Crippen LogP contribution in [0.3, 0.4) is 0 Å². The Morgan fingerprint density at radius 1 is 0.926 bits per heavy atom. The fraction of sp³-hybridized carbons (Fsp3) is 0.333. The zero-order chi connectivity index (χ0) is 18.7. The Labute approximate surface area is 159 Å². The lowest BCUT2D eigenvalue weighted by atomic mass is 10.4. The standard InChI is InChI=1S/C6H8OS.4H3N.H2O8S2.H3O4P/c7-4-3-6-2-1-5-8-6;;;;;1-9(2,3)7-8-10(4,5)6;1-5(2,3)4/h1-2,5,7H,3-4H2;4*1H3;(H,1,2,3)(H,4,5,6);(H3,1,2,3,4). The summed E-state index contributed by atoms with van der Waals surface area (Å²) in [6.45, 7) is 0.264. The lowest BCUT2D eigenvalue weighted by Crippen LogP contribution is -2.10. The number of hydrogen-bond acceptors (Lipinski definition) is 13. The Kier molecular flexibility index (Phi) is 28.3. The largest absolute Gasteiger partial charge is 0.466 e. The minimum absolute atomic E-state index is 0. The van der Waals surface area contributed by atoms with Crippen LogP contribution in [0.4, 0.5) is 0 Å². The quantitative estimate of drug-likeness (QED) is 0.108. The molecule has 18 N–H and O–H groups in total. The van der Waals surface area contributed by atoms with Gasteiger partial charge in [0.2, 0.25) is 0 Å². The Hall–Kier alpha value is -0.650. The molecule has 0 amide bonds. The summed E-state index contributed by atoms with van der Waals surface area (Å²) in [7, 11) is -14.7. The molecule has 0 saturated carbocycles. The number of thiophene rings is 1. The number of hydrogen-bond donors (Lipinski definition) is 10. The van der Waals surface area contributed by atoms with Crippen LogP contribution in [0.1, 0.15) is 4.88 Å². The molecule has 1 aromatic heterocycles. The molecule has 0 fully saturated rings. The average molecular weight is 488 g/mol. The van der Waals surface area contributed by atoms with Crippen molar-refractivity contribution in [2.75, 3.05) is 6.61 Å². The first-order valence-electron chi connectivity index (χ1n) is 4.88. The maximum atomic E-state index is 9.51. The molecular weight excluding hydrogens is 463 g/mol. The summed E-state index contributed by atoms with van der Waals surface area (Å²) in [5, 5.41) is 10.5. The van der Waals surface area contributed by atoms with E-state index < -0.39 is 28.6 Å². The Morgan fingerprint density at radius 3 is 1.44 bits per heavy atom. The fourth-order valence-corrected chi connectivity index (χ4v) is 1.90. The number of aliphatic hydroxyl groups is 1. The summed E-state index contributed by atoms with van der Waals surface area (Å²) in [4.78, 5) is 22.8. The molecule has 1 aromatic rings. The van der Waals surface area contributed by atoms with Crippen LogP contribution < -0.4 is 24.6 Å².